The van der Waals surface area contributed by atoms with E-state index in [0.717, 1.165) is 10.4 Å². The normalized spacial score (nSPS) is 11.6. The van der Waals surface area contributed by atoms with Crippen molar-refractivity contribution in [3.63, 3.8) is 0 Å². The average Bonchev–Trinajstić information content (AvgIpc) is 2.94. The van der Waals surface area contributed by atoms with Crippen molar-refractivity contribution in [2.24, 2.45) is 5.10 Å². The third kappa shape index (κ3) is 3.96. The van der Waals surface area contributed by atoms with Gasteiger partial charge in [-0.25, -0.2) is 10.4 Å². The number of hydrazone groups is 1. The van der Waals surface area contributed by atoms with Crippen molar-refractivity contribution in [2.75, 3.05) is 0 Å². The van der Waals surface area contributed by atoms with Gasteiger partial charge in [-0.3, -0.25) is 19.7 Å². The number of nitro groups is 1. The lowest BCUT2D eigenvalue weighted by atomic mass is 10.1. The predicted molar refractivity (Wildman–Crippen MR) is 107 cm³/mol. The zero-order chi connectivity index (χ0) is 20.4. The maximum absolute atomic E-state index is 12.3. The van der Waals surface area contributed by atoms with E-state index in [9.17, 15) is 19.7 Å². The Kier molecular flexibility index (Phi) is 5.32. The molecular formula is C18H17N5O4S. The van der Waals surface area contributed by atoms with Crippen LogP contribution in [0, 0.1) is 24.0 Å². The van der Waals surface area contributed by atoms with E-state index in [-0.39, 0.29) is 23.5 Å². The van der Waals surface area contributed by atoms with E-state index in [4.69, 9.17) is 0 Å². The van der Waals surface area contributed by atoms with Gasteiger partial charge in [0.15, 0.2) is 0 Å². The van der Waals surface area contributed by atoms with Crippen molar-refractivity contribution in [2.45, 2.75) is 27.2 Å². The molecule has 0 aliphatic heterocycles. The summed E-state index contributed by atoms with van der Waals surface area (Å²) in [6.45, 7) is 5.41. The molecule has 9 nitrogen and oxygen atoms in total. The number of hydrogen-bond donors (Lipinski definition) is 2. The minimum atomic E-state index is -0.498. The number of non-ortho nitro benzene ring substituents is 1. The van der Waals surface area contributed by atoms with E-state index >= 15 is 0 Å². The number of aryl methyl sites for hydroxylation is 2. The molecule has 1 aromatic carbocycles. The van der Waals surface area contributed by atoms with Crippen LogP contribution in [0.4, 0.5) is 5.69 Å². The Labute approximate surface area is 163 Å². The lowest BCUT2D eigenvalue weighted by Crippen LogP contribution is -2.24. The van der Waals surface area contributed by atoms with Crippen molar-refractivity contribution in [3.8, 4) is 0 Å². The predicted octanol–water partition coefficient (Wildman–Crippen LogP) is 2.59. The maximum Gasteiger partial charge on any atom is 0.270 e. The van der Waals surface area contributed by atoms with E-state index in [1.165, 1.54) is 23.5 Å². The summed E-state index contributed by atoms with van der Waals surface area (Å²) in [4.78, 5) is 43.3. The minimum Gasteiger partial charge on any atom is -0.309 e. The first kappa shape index (κ1) is 19.4. The first-order valence-electron chi connectivity index (χ1n) is 8.33. The number of fused-ring (bicyclic) bond motifs is 1. The van der Waals surface area contributed by atoms with Crippen molar-refractivity contribution in [1.29, 1.82) is 0 Å². The van der Waals surface area contributed by atoms with Crippen molar-refractivity contribution in [3.05, 3.63) is 66.6 Å². The fourth-order valence-electron chi connectivity index (χ4n) is 2.63. The van der Waals surface area contributed by atoms with Gasteiger partial charge >= 0.3 is 0 Å². The van der Waals surface area contributed by atoms with Crippen LogP contribution in [0.5, 0.6) is 0 Å². The molecule has 28 heavy (non-hydrogen) atoms. The molecule has 0 radical (unpaired) electrons. The van der Waals surface area contributed by atoms with Gasteiger partial charge in [0.25, 0.3) is 11.2 Å². The Morgan fingerprint density at radius 1 is 1.39 bits per heavy atom. The summed E-state index contributed by atoms with van der Waals surface area (Å²) < 4.78 is 0. The monoisotopic (exact) mass is 399 g/mol. The number of aromatic amines is 1. The molecule has 0 atom stereocenters. The quantitative estimate of drug-likeness (QED) is 0.387. The van der Waals surface area contributed by atoms with E-state index in [0.29, 0.717) is 21.5 Å². The Hall–Kier alpha value is -3.40. The summed E-state index contributed by atoms with van der Waals surface area (Å²) in [5, 5.41) is 15.4. The van der Waals surface area contributed by atoms with Crippen molar-refractivity contribution >= 4 is 38.9 Å². The van der Waals surface area contributed by atoms with Crippen molar-refractivity contribution in [1.82, 2.24) is 15.4 Å². The Morgan fingerprint density at radius 2 is 2.14 bits per heavy atom. The van der Waals surface area contributed by atoms with Gasteiger partial charge in [-0.05, 0) is 26.3 Å². The third-order valence-electron chi connectivity index (χ3n) is 4.24. The molecule has 0 unspecified atom stereocenters. The summed E-state index contributed by atoms with van der Waals surface area (Å²) in [5.41, 5.74) is 3.88. The highest BCUT2D eigenvalue weighted by molar-refractivity contribution is 7.18. The van der Waals surface area contributed by atoms with Gasteiger partial charge in [0.1, 0.15) is 10.7 Å². The van der Waals surface area contributed by atoms with Gasteiger partial charge < -0.3 is 4.98 Å². The number of carbonyl (C=O) groups is 1. The van der Waals surface area contributed by atoms with Crippen LogP contribution in [0.25, 0.3) is 10.2 Å². The molecule has 2 aromatic heterocycles. The van der Waals surface area contributed by atoms with Crippen LogP contribution in [-0.4, -0.2) is 26.5 Å². The number of amides is 1. The average molecular weight is 399 g/mol. The lowest BCUT2D eigenvalue weighted by molar-refractivity contribution is -0.384. The number of H-pyrrole nitrogens is 1. The highest BCUT2D eigenvalue weighted by Crippen LogP contribution is 2.25. The number of nitrogens with zero attached hydrogens (tertiary/aromatic N) is 3. The third-order valence-corrected chi connectivity index (χ3v) is 5.34. The number of benzene rings is 1. The summed E-state index contributed by atoms with van der Waals surface area (Å²) in [6, 6.07) is 5.95. The van der Waals surface area contributed by atoms with Gasteiger partial charge in [-0.2, -0.15) is 5.10 Å². The van der Waals surface area contributed by atoms with Gasteiger partial charge in [0.05, 0.1) is 22.4 Å². The summed E-state index contributed by atoms with van der Waals surface area (Å²) in [6.07, 6.45) is -0.146. The molecule has 3 aromatic rings. The van der Waals surface area contributed by atoms with Crippen LogP contribution in [0.1, 0.15) is 28.8 Å². The van der Waals surface area contributed by atoms with Crippen LogP contribution >= 0.6 is 11.3 Å². The second-order valence-electron chi connectivity index (χ2n) is 6.19. The Morgan fingerprint density at radius 3 is 2.86 bits per heavy atom. The topological polar surface area (TPSA) is 130 Å². The molecule has 0 spiro atoms. The number of nitrogens with one attached hydrogen (secondary N) is 2. The first-order chi connectivity index (χ1) is 13.3. The van der Waals surface area contributed by atoms with Crippen LogP contribution in [0.15, 0.2) is 34.2 Å². The van der Waals surface area contributed by atoms with Gasteiger partial charge in [0.2, 0.25) is 5.91 Å². The number of carbonyl (C=O) groups excluding carboxylic acids is 1. The largest absolute Gasteiger partial charge is 0.309 e. The molecule has 1 amide bonds. The van der Waals surface area contributed by atoms with E-state index in [1.54, 1.807) is 19.1 Å². The smallest absolute Gasteiger partial charge is 0.270 e. The second kappa shape index (κ2) is 7.69. The van der Waals surface area contributed by atoms with E-state index < -0.39 is 10.8 Å². The van der Waals surface area contributed by atoms with Crippen LogP contribution in [0.2, 0.25) is 0 Å². The van der Waals surface area contributed by atoms with Crippen LogP contribution < -0.4 is 11.0 Å². The summed E-state index contributed by atoms with van der Waals surface area (Å²) in [5.74, 6) is -0.211. The zero-order valence-corrected chi connectivity index (χ0v) is 16.2. The lowest BCUT2D eigenvalue weighted by Gasteiger charge is -2.03. The van der Waals surface area contributed by atoms with Gasteiger partial charge in [-0.15, -0.1) is 11.3 Å². The number of nitro benzene ring substituents is 1. The molecular weight excluding hydrogens is 382 g/mol. The van der Waals surface area contributed by atoms with Crippen molar-refractivity contribution < 1.29 is 9.72 Å². The Balaban J connectivity index is 1.74. The molecule has 3 rings (SSSR count). The SMILES string of the molecule is C/C(=N\NC(=O)Cc1nc2sc(C)c(C)c2c(=O)[nH]1)c1cccc([N+](=O)[O-])c1. The highest BCUT2D eigenvalue weighted by atomic mass is 32.1. The summed E-state index contributed by atoms with van der Waals surface area (Å²) >= 11 is 1.41. The van der Waals surface area contributed by atoms with Crippen LogP contribution in [0.3, 0.4) is 0 Å². The standard InChI is InChI=1S/C18H17N5O4S/c1-9-11(3)28-18-16(9)17(25)19-14(20-18)8-15(24)22-21-10(2)12-5-4-6-13(7-12)23(26)27/h4-7H,8H2,1-3H3,(H,22,24)(H,19,20,25)/b21-10+. The molecule has 0 bridgehead atoms. The molecule has 0 aliphatic rings. The molecule has 0 saturated heterocycles. The molecule has 2 heterocycles. The number of rotatable bonds is 5. The number of hydrogen-bond acceptors (Lipinski definition) is 7. The van der Waals surface area contributed by atoms with Crippen LogP contribution in [-0.2, 0) is 11.2 Å². The molecule has 144 valence electrons. The van der Waals surface area contributed by atoms with Gasteiger partial charge in [0, 0.05) is 22.6 Å². The minimum absolute atomic E-state index is 0.0602. The Bertz CT molecular complexity index is 1180. The number of aromatic nitrogens is 2. The van der Waals surface area contributed by atoms with E-state index in [1.807, 2.05) is 13.8 Å². The fourth-order valence-corrected chi connectivity index (χ4v) is 3.68. The second-order valence-corrected chi connectivity index (χ2v) is 7.40. The molecule has 2 N–H and O–H groups in total. The first-order valence-corrected chi connectivity index (χ1v) is 9.14. The molecule has 0 saturated carbocycles. The number of thiophene rings is 1. The highest BCUT2D eigenvalue weighted by Gasteiger charge is 2.14. The summed E-state index contributed by atoms with van der Waals surface area (Å²) in [7, 11) is 0. The molecule has 0 fully saturated rings. The molecule has 10 heteroatoms. The fraction of sp³-hybridized carbons (Fsp3) is 0.222. The van der Waals surface area contributed by atoms with Gasteiger partial charge in [-0.1, -0.05) is 12.1 Å². The van der Waals surface area contributed by atoms with E-state index in [2.05, 4.69) is 20.5 Å². The maximum atomic E-state index is 12.3. The zero-order valence-electron chi connectivity index (χ0n) is 15.4. The molecule has 0 aliphatic carbocycles.